The Balaban J connectivity index is 0.00000227. The van der Waals surface area contributed by atoms with Gasteiger partial charge in [0.05, 0.1) is 30.4 Å². The van der Waals surface area contributed by atoms with Crippen LogP contribution in [0.2, 0.25) is 0 Å². The largest absolute Gasteiger partial charge is 0.384 e. The number of ether oxygens (including phenoxy) is 1. The number of aliphatic imine (C=N–C) groups is 1. The monoisotopic (exact) mass is 634 g/mol. The van der Waals surface area contributed by atoms with Crippen LogP contribution in [0.3, 0.4) is 0 Å². The van der Waals surface area contributed by atoms with E-state index in [9.17, 15) is 4.79 Å². The number of carbonyl (C=O) groups is 1. The summed E-state index contributed by atoms with van der Waals surface area (Å²) in [7, 11) is 0. The van der Waals surface area contributed by atoms with Crippen molar-refractivity contribution in [2.24, 2.45) is 10.9 Å². The van der Waals surface area contributed by atoms with Crippen molar-refractivity contribution in [3.05, 3.63) is 34.8 Å². The summed E-state index contributed by atoms with van der Waals surface area (Å²) < 4.78 is 8.03. The van der Waals surface area contributed by atoms with Gasteiger partial charge in [-0.3, -0.25) is 4.79 Å². The Bertz CT molecular complexity index is 980. The first-order chi connectivity index (χ1) is 21.1. The summed E-state index contributed by atoms with van der Waals surface area (Å²) in [6.07, 6.45) is 18.1. The fraction of sp³-hybridized carbons (Fsp3) is 0.750. The summed E-state index contributed by atoms with van der Waals surface area (Å²) >= 11 is 6.72. The molecule has 0 saturated carbocycles. The molecule has 252 valence electrons. The van der Waals surface area contributed by atoms with Gasteiger partial charge in [-0.2, -0.15) is 0 Å². The molecule has 2 aliphatic rings. The second-order valence-corrected chi connectivity index (χ2v) is 13.0. The zero-order valence-electron chi connectivity index (χ0n) is 29.4. The minimum absolute atomic E-state index is 0.176. The van der Waals surface area contributed by atoms with Gasteiger partial charge in [0, 0.05) is 52.0 Å². The van der Waals surface area contributed by atoms with Gasteiger partial charge in [-0.25, -0.2) is 9.57 Å². The highest BCUT2D eigenvalue weighted by Gasteiger charge is 2.27. The molecular formula is C36H65ClN5O2+. The Labute approximate surface area is 275 Å². The van der Waals surface area contributed by atoms with Gasteiger partial charge in [0.2, 0.25) is 5.91 Å². The van der Waals surface area contributed by atoms with Crippen LogP contribution in [0.4, 0.5) is 0 Å². The summed E-state index contributed by atoms with van der Waals surface area (Å²) in [4.78, 5) is 18.8. The molecule has 1 amide bonds. The maximum Gasteiger partial charge on any atom is 0.224 e. The number of hydrogen-bond donors (Lipinski definition) is 2. The number of halogens is 1. The number of nitrogens with one attached hydrogen (secondary N) is 2. The van der Waals surface area contributed by atoms with Gasteiger partial charge in [0.25, 0.3) is 0 Å². The SMILES string of the molecule is CC(C)C.CCC/C=C(NCCCN1CCOCCC1=O)/C(Cl)=C\N=C(C)NC1=CCC[N+](C(CCC)CCCCC)=C1C. The van der Waals surface area contributed by atoms with Gasteiger partial charge < -0.3 is 20.3 Å². The van der Waals surface area contributed by atoms with E-state index in [0.717, 1.165) is 68.5 Å². The Morgan fingerprint density at radius 1 is 1.11 bits per heavy atom. The van der Waals surface area contributed by atoms with Crippen molar-refractivity contribution in [1.82, 2.24) is 15.5 Å². The van der Waals surface area contributed by atoms with Crippen molar-refractivity contribution < 1.29 is 14.1 Å². The first kappa shape index (κ1) is 39.9. The topological polar surface area (TPSA) is 69.0 Å². The molecule has 1 saturated heterocycles. The van der Waals surface area contributed by atoms with Gasteiger partial charge in [-0.1, -0.05) is 78.5 Å². The average molecular weight is 635 g/mol. The molecule has 0 bridgehead atoms. The van der Waals surface area contributed by atoms with Crippen molar-refractivity contribution in [3.8, 4) is 0 Å². The average Bonchev–Trinajstić information content (AvgIpc) is 3.19. The molecule has 0 aromatic carbocycles. The Morgan fingerprint density at radius 3 is 2.55 bits per heavy atom. The number of hydrogen-bond acceptors (Lipinski definition) is 4. The van der Waals surface area contributed by atoms with Crippen LogP contribution < -0.4 is 10.6 Å². The number of allylic oxidation sites excluding steroid dienone is 3. The minimum Gasteiger partial charge on any atom is -0.384 e. The molecule has 2 rings (SSSR count). The van der Waals surface area contributed by atoms with E-state index in [4.69, 9.17) is 16.3 Å². The standard InChI is InChI=1S/C32H55ClN5O2.C4H10/c1-6-9-11-15-28(14-8-3)38-21-12-17-30(26(38)4)36-27(5)35-25-29(33)31(16-10-7-2)34-19-13-20-37-22-24-40-23-18-32(37)39;1-4(2)3/h16-17,25,28,34H,6-15,18-24H2,1-5H3,(H,35,36);4H,1-3H3/q+1;/b29-25+,31-16-;. The van der Waals surface area contributed by atoms with Crippen LogP contribution in [-0.2, 0) is 9.53 Å². The fourth-order valence-electron chi connectivity index (χ4n) is 5.28. The molecule has 2 N–H and O–H groups in total. The molecule has 0 spiro atoms. The second kappa shape index (κ2) is 24.2. The molecule has 44 heavy (non-hydrogen) atoms. The van der Waals surface area contributed by atoms with E-state index in [0.29, 0.717) is 37.3 Å². The zero-order valence-corrected chi connectivity index (χ0v) is 30.2. The van der Waals surface area contributed by atoms with Gasteiger partial charge >= 0.3 is 0 Å². The highest BCUT2D eigenvalue weighted by atomic mass is 35.5. The predicted octanol–water partition coefficient (Wildman–Crippen LogP) is 8.16. The molecule has 2 heterocycles. The lowest BCUT2D eigenvalue weighted by atomic mass is 10.0. The van der Waals surface area contributed by atoms with E-state index in [1.807, 2.05) is 11.8 Å². The molecule has 7 nitrogen and oxygen atoms in total. The second-order valence-electron chi connectivity index (χ2n) is 12.6. The summed E-state index contributed by atoms with van der Waals surface area (Å²) in [5, 5.41) is 7.60. The maximum absolute atomic E-state index is 12.2. The van der Waals surface area contributed by atoms with Gasteiger partial charge in [-0.15, -0.1) is 0 Å². The highest BCUT2D eigenvalue weighted by Crippen LogP contribution is 2.18. The lowest BCUT2D eigenvalue weighted by molar-refractivity contribution is -0.569. The summed E-state index contributed by atoms with van der Waals surface area (Å²) in [6, 6.07) is 0.608. The van der Waals surface area contributed by atoms with E-state index < -0.39 is 0 Å². The van der Waals surface area contributed by atoms with Crippen molar-refractivity contribution >= 4 is 29.1 Å². The Morgan fingerprint density at radius 2 is 1.86 bits per heavy atom. The van der Waals surface area contributed by atoms with Gasteiger partial charge in [0.15, 0.2) is 11.8 Å². The van der Waals surface area contributed by atoms with Crippen LogP contribution in [0, 0.1) is 5.92 Å². The van der Waals surface area contributed by atoms with Crippen molar-refractivity contribution in [1.29, 1.82) is 0 Å². The molecule has 0 radical (unpaired) electrons. The number of amides is 1. The highest BCUT2D eigenvalue weighted by molar-refractivity contribution is 6.31. The van der Waals surface area contributed by atoms with Crippen LogP contribution in [0.5, 0.6) is 0 Å². The normalized spacial score (nSPS) is 17.7. The van der Waals surface area contributed by atoms with Crippen molar-refractivity contribution in [2.45, 2.75) is 132 Å². The summed E-state index contributed by atoms with van der Waals surface area (Å²) in [6.45, 7) is 21.8. The van der Waals surface area contributed by atoms with Crippen LogP contribution in [0.25, 0.3) is 0 Å². The number of rotatable bonds is 17. The van der Waals surface area contributed by atoms with Gasteiger partial charge in [-0.05, 0) is 44.6 Å². The smallest absolute Gasteiger partial charge is 0.224 e. The van der Waals surface area contributed by atoms with E-state index >= 15 is 0 Å². The van der Waals surface area contributed by atoms with Crippen LogP contribution in [0.1, 0.15) is 126 Å². The summed E-state index contributed by atoms with van der Waals surface area (Å²) in [5.74, 6) is 1.83. The maximum atomic E-state index is 12.2. The summed E-state index contributed by atoms with van der Waals surface area (Å²) in [5.41, 5.74) is 3.36. The minimum atomic E-state index is 0.176. The molecule has 8 heteroatoms. The van der Waals surface area contributed by atoms with E-state index in [2.05, 4.69) is 80.8 Å². The van der Waals surface area contributed by atoms with Crippen molar-refractivity contribution in [3.63, 3.8) is 0 Å². The number of nitrogens with zero attached hydrogens (tertiary/aromatic N) is 3. The predicted molar refractivity (Wildman–Crippen MR) is 190 cm³/mol. The Hall–Kier alpha value is -2.12. The first-order valence-electron chi connectivity index (χ1n) is 17.4. The molecule has 2 aliphatic heterocycles. The lowest BCUT2D eigenvalue weighted by Gasteiger charge is -2.22. The molecule has 0 aromatic rings. The van der Waals surface area contributed by atoms with E-state index in [1.54, 1.807) is 6.20 Å². The molecule has 0 aromatic heterocycles. The fourth-order valence-corrected chi connectivity index (χ4v) is 5.47. The third-order valence-electron chi connectivity index (χ3n) is 7.56. The van der Waals surface area contributed by atoms with E-state index in [1.165, 1.54) is 44.2 Å². The molecule has 1 fully saturated rings. The molecular weight excluding hydrogens is 570 g/mol. The quantitative estimate of drug-likeness (QED) is 0.0557. The third-order valence-corrected chi connectivity index (χ3v) is 7.86. The molecule has 1 atom stereocenters. The van der Waals surface area contributed by atoms with Crippen molar-refractivity contribution in [2.75, 3.05) is 39.4 Å². The Kier molecular flexibility index (Phi) is 21.9. The number of carbonyl (C=O) groups excluding carboxylic acids is 1. The van der Waals surface area contributed by atoms with Gasteiger partial charge in [0.1, 0.15) is 18.1 Å². The number of unbranched alkanes of at least 4 members (excludes halogenated alkanes) is 3. The van der Waals surface area contributed by atoms with Crippen LogP contribution in [-0.4, -0.2) is 72.4 Å². The first-order valence-corrected chi connectivity index (χ1v) is 17.8. The molecule has 1 unspecified atom stereocenters. The zero-order chi connectivity index (χ0) is 32.7. The lowest BCUT2D eigenvalue weighted by Crippen LogP contribution is -2.38. The number of amidine groups is 1. The molecule has 0 aliphatic carbocycles. The third kappa shape index (κ3) is 16.8. The van der Waals surface area contributed by atoms with E-state index in [-0.39, 0.29) is 5.91 Å². The van der Waals surface area contributed by atoms with Crippen LogP contribution >= 0.6 is 11.6 Å². The van der Waals surface area contributed by atoms with Crippen LogP contribution in [0.15, 0.2) is 39.8 Å².